The summed E-state index contributed by atoms with van der Waals surface area (Å²) >= 11 is 8.10. The second-order valence-corrected chi connectivity index (χ2v) is 5.94. The minimum absolute atomic E-state index is 0.265. The van der Waals surface area contributed by atoms with E-state index in [1.807, 2.05) is 24.3 Å². The van der Waals surface area contributed by atoms with Crippen LogP contribution in [0.5, 0.6) is 0 Å². The molecule has 0 unspecified atom stereocenters. The number of hydrogen-bond acceptors (Lipinski definition) is 2. The highest BCUT2D eigenvalue weighted by atomic mass is 127. The maximum Gasteiger partial charge on any atom is 0.291 e. The van der Waals surface area contributed by atoms with Gasteiger partial charge in [-0.25, -0.2) is 0 Å². The number of halogens is 2. The zero-order valence-electron chi connectivity index (χ0n) is 10.2. The third-order valence-electron chi connectivity index (χ3n) is 2.78. The Morgan fingerprint density at radius 2 is 2.00 bits per heavy atom. The van der Waals surface area contributed by atoms with Crippen molar-refractivity contribution in [3.63, 3.8) is 0 Å². The van der Waals surface area contributed by atoms with E-state index in [9.17, 15) is 4.79 Å². The molecule has 1 N–H and O–H groups in total. The molecule has 1 aromatic heterocycles. The molecular weight excluding hydrogens is 389 g/mol. The number of fused-ring (bicyclic) bond motifs is 1. The third kappa shape index (κ3) is 2.81. The number of benzene rings is 2. The van der Waals surface area contributed by atoms with E-state index in [1.54, 1.807) is 24.3 Å². The molecule has 0 saturated heterocycles. The summed E-state index contributed by atoms with van der Waals surface area (Å²) in [5.41, 5.74) is 1.38. The Bertz CT molecular complexity index is 797. The smallest absolute Gasteiger partial charge is 0.291 e. The molecule has 0 spiro atoms. The zero-order valence-corrected chi connectivity index (χ0v) is 13.1. The van der Waals surface area contributed by atoms with Crippen LogP contribution in [0.2, 0.25) is 5.02 Å². The summed E-state index contributed by atoms with van der Waals surface area (Å²) in [5, 5.41) is 4.23. The Labute approximate surface area is 134 Å². The molecule has 3 aromatic rings. The number of rotatable bonds is 2. The van der Waals surface area contributed by atoms with E-state index in [2.05, 4.69) is 27.9 Å². The van der Waals surface area contributed by atoms with Gasteiger partial charge in [0.1, 0.15) is 5.58 Å². The van der Waals surface area contributed by atoms with Gasteiger partial charge in [0.15, 0.2) is 5.76 Å². The summed E-state index contributed by atoms with van der Waals surface area (Å²) in [5.74, 6) is -0.0135. The Hall–Kier alpha value is -1.53. The molecule has 0 saturated carbocycles. The lowest BCUT2D eigenvalue weighted by Crippen LogP contribution is -2.10. The fourth-order valence-corrected chi connectivity index (χ4v) is 2.61. The SMILES string of the molecule is O=C(Nc1cccc(I)c1)c1cc2cc(Cl)ccc2o1. The largest absolute Gasteiger partial charge is 0.451 e. The van der Waals surface area contributed by atoms with Gasteiger partial charge in [0, 0.05) is 19.7 Å². The van der Waals surface area contributed by atoms with E-state index in [1.165, 1.54) is 0 Å². The second-order valence-electron chi connectivity index (χ2n) is 4.26. The highest BCUT2D eigenvalue weighted by molar-refractivity contribution is 14.1. The monoisotopic (exact) mass is 397 g/mol. The van der Waals surface area contributed by atoms with Crippen molar-refractivity contribution in [2.75, 3.05) is 5.32 Å². The summed E-state index contributed by atoms with van der Waals surface area (Å²) < 4.78 is 6.57. The lowest BCUT2D eigenvalue weighted by atomic mass is 10.2. The average Bonchev–Trinajstić information content (AvgIpc) is 2.81. The molecule has 0 aliphatic carbocycles. The molecule has 3 nitrogen and oxygen atoms in total. The molecule has 100 valence electrons. The predicted octanol–water partition coefficient (Wildman–Crippen LogP) is 4.94. The van der Waals surface area contributed by atoms with Gasteiger partial charge in [-0.2, -0.15) is 0 Å². The van der Waals surface area contributed by atoms with Crippen LogP contribution < -0.4 is 5.32 Å². The molecule has 0 aliphatic rings. The van der Waals surface area contributed by atoms with Gasteiger partial charge in [0.05, 0.1) is 0 Å². The number of carbonyl (C=O) groups is 1. The highest BCUT2D eigenvalue weighted by Gasteiger charge is 2.12. The first kappa shape index (κ1) is 13.5. The van der Waals surface area contributed by atoms with E-state index in [-0.39, 0.29) is 11.7 Å². The zero-order chi connectivity index (χ0) is 14.1. The molecule has 3 rings (SSSR count). The standard InChI is InChI=1S/C15H9ClINO2/c16-10-4-5-13-9(6-10)7-14(20-13)15(19)18-12-3-1-2-11(17)8-12/h1-8H,(H,18,19). The second kappa shape index (κ2) is 5.46. The van der Waals surface area contributed by atoms with Crippen molar-refractivity contribution in [3.05, 3.63) is 62.9 Å². The van der Waals surface area contributed by atoms with Gasteiger partial charge >= 0.3 is 0 Å². The number of carbonyl (C=O) groups excluding carboxylic acids is 1. The van der Waals surface area contributed by atoms with Crippen molar-refractivity contribution >= 4 is 56.8 Å². The first-order valence-electron chi connectivity index (χ1n) is 5.88. The number of hydrogen-bond donors (Lipinski definition) is 1. The molecule has 0 fully saturated rings. The molecule has 1 amide bonds. The molecule has 2 aromatic carbocycles. The van der Waals surface area contributed by atoms with Gasteiger partial charge in [-0.1, -0.05) is 17.7 Å². The van der Waals surface area contributed by atoms with Crippen LogP contribution in [-0.4, -0.2) is 5.91 Å². The van der Waals surface area contributed by atoms with Gasteiger partial charge in [-0.15, -0.1) is 0 Å². The number of anilines is 1. The average molecular weight is 398 g/mol. The Morgan fingerprint density at radius 3 is 2.80 bits per heavy atom. The lowest BCUT2D eigenvalue weighted by molar-refractivity contribution is 0.0998. The van der Waals surface area contributed by atoms with Crippen molar-refractivity contribution in [2.45, 2.75) is 0 Å². The highest BCUT2D eigenvalue weighted by Crippen LogP contribution is 2.23. The maximum absolute atomic E-state index is 12.1. The molecule has 0 radical (unpaired) electrons. The van der Waals surface area contributed by atoms with Crippen LogP contribution in [0.25, 0.3) is 11.0 Å². The summed E-state index contributed by atoms with van der Waals surface area (Å²) in [6.45, 7) is 0. The molecule has 0 bridgehead atoms. The number of furan rings is 1. The quantitative estimate of drug-likeness (QED) is 0.622. The molecule has 0 atom stereocenters. The van der Waals surface area contributed by atoms with Crippen molar-refractivity contribution in [1.29, 1.82) is 0 Å². The van der Waals surface area contributed by atoms with Gasteiger partial charge in [0.25, 0.3) is 5.91 Å². The topological polar surface area (TPSA) is 42.2 Å². The fraction of sp³-hybridized carbons (Fsp3) is 0. The van der Waals surface area contributed by atoms with Crippen molar-refractivity contribution in [2.24, 2.45) is 0 Å². The van der Waals surface area contributed by atoms with Crippen LogP contribution in [-0.2, 0) is 0 Å². The van der Waals surface area contributed by atoms with Crippen LogP contribution in [0.1, 0.15) is 10.6 Å². The first-order chi connectivity index (χ1) is 9.61. The summed E-state index contributed by atoms with van der Waals surface area (Å²) in [7, 11) is 0. The summed E-state index contributed by atoms with van der Waals surface area (Å²) in [4.78, 5) is 12.1. The van der Waals surface area contributed by atoms with E-state index in [0.717, 1.165) is 14.6 Å². The fourth-order valence-electron chi connectivity index (χ4n) is 1.89. The maximum atomic E-state index is 12.1. The van der Waals surface area contributed by atoms with Gasteiger partial charge in [-0.3, -0.25) is 4.79 Å². The minimum atomic E-state index is -0.278. The Balaban J connectivity index is 1.88. The first-order valence-corrected chi connectivity index (χ1v) is 7.33. The van der Waals surface area contributed by atoms with E-state index >= 15 is 0 Å². The third-order valence-corrected chi connectivity index (χ3v) is 3.69. The molecular formula is C15H9ClINO2. The Kier molecular flexibility index (Phi) is 3.67. The molecule has 0 aliphatic heterocycles. The molecule has 20 heavy (non-hydrogen) atoms. The van der Waals surface area contributed by atoms with Crippen LogP contribution >= 0.6 is 34.2 Å². The van der Waals surface area contributed by atoms with E-state index in [0.29, 0.717) is 10.6 Å². The number of amides is 1. The normalized spacial score (nSPS) is 10.7. The Morgan fingerprint density at radius 1 is 1.15 bits per heavy atom. The van der Waals surface area contributed by atoms with Crippen LogP contribution in [0.3, 0.4) is 0 Å². The van der Waals surface area contributed by atoms with Gasteiger partial charge in [-0.05, 0) is 65.1 Å². The number of nitrogens with one attached hydrogen (secondary N) is 1. The molecule has 5 heteroatoms. The summed E-state index contributed by atoms with van der Waals surface area (Å²) in [6, 6.07) is 14.5. The van der Waals surface area contributed by atoms with E-state index < -0.39 is 0 Å². The van der Waals surface area contributed by atoms with Gasteiger partial charge in [0.2, 0.25) is 0 Å². The predicted molar refractivity (Wildman–Crippen MR) is 88.3 cm³/mol. The van der Waals surface area contributed by atoms with E-state index in [4.69, 9.17) is 16.0 Å². The minimum Gasteiger partial charge on any atom is -0.451 e. The lowest BCUT2D eigenvalue weighted by Gasteiger charge is -2.02. The van der Waals surface area contributed by atoms with Crippen LogP contribution in [0, 0.1) is 3.57 Å². The molecule has 1 heterocycles. The van der Waals surface area contributed by atoms with Crippen molar-refractivity contribution in [1.82, 2.24) is 0 Å². The van der Waals surface area contributed by atoms with Crippen LogP contribution in [0.4, 0.5) is 5.69 Å². The van der Waals surface area contributed by atoms with Crippen molar-refractivity contribution < 1.29 is 9.21 Å². The van der Waals surface area contributed by atoms with Crippen molar-refractivity contribution in [3.8, 4) is 0 Å². The van der Waals surface area contributed by atoms with Gasteiger partial charge < -0.3 is 9.73 Å². The van der Waals surface area contributed by atoms with Crippen LogP contribution in [0.15, 0.2) is 52.9 Å². The summed E-state index contributed by atoms with van der Waals surface area (Å²) in [6.07, 6.45) is 0.